The van der Waals surface area contributed by atoms with Crippen LogP contribution < -0.4 is 15.0 Å². The SMILES string of the molecule is CCOC(=O)c1cc2n(n1)C[C@](C)(C(=O)NCc1ccccc1OC)N(c1ccc(C)c(C)c1)C2=O. The number of nitrogens with zero attached hydrogens (tertiary/aromatic N) is 3. The van der Waals surface area contributed by atoms with Gasteiger partial charge in [-0.05, 0) is 57.0 Å². The van der Waals surface area contributed by atoms with Crippen molar-refractivity contribution in [1.82, 2.24) is 15.1 Å². The van der Waals surface area contributed by atoms with Gasteiger partial charge in [0.2, 0.25) is 5.91 Å². The number of aryl methyl sites for hydroxylation is 2. The number of rotatable bonds is 7. The first-order valence-corrected chi connectivity index (χ1v) is 11.8. The molecular weight excluding hydrogens is 460 g/mol. The molecule has 9 heteroatoms. The summed E-state index contributed by atoms with van der Waals surface area (Å²) in [6, 6.07) is 14.5. The number of amides is 2. The number of ether oxygens (including phenoxy) is 2. The number of methoxy groups -OCH3 is 1. The highest BCUT2D eigenvalue weighted by Gasteiger charge is 2.49. The lowest BCUT2D eigenvalue weighted by molar-refractivity contribution is -0.126. The van der Waals surface area contributed by atoms with Gasteiger partial charge < -0.3 is 14.8 Å². The van der Waals surface area contributed by atoms with Gasteiger partial charge in [-0.1, -0.05) is 24.3 Å². The third-order valence-electron chi connectivity index (χ3n) is 6.51. The van der Waals surface area contributed by atoms with Gasteiger partial charge in [-0.25, -0.2) is 4.79 Å². The van der Waals surface area contributed by atoms with Gasteiger partial charge >= 0.3 is 5.97 Å². The topological polar surface area (TPSA) is 103 Å². The van der Waals surface area contributed by atoms with Crippen LogP contribution in [0, 0.1) is 13.8 Å². The minimum atomic E-state index is -1.33. The molecule has 2 aromatic carbocycles. The number of para-hydroxylation sites is 1. The average Bonchev–Trinajstić information content (AvgIpc) is 3.29. The van der Waals surface area contributed by atoms with E-state index in [2.05, 4.69) is 10.4 Å². The molecule has 2 heterocycles. The van der Waals surface area contributed by atoms with Crippen molar-refractivity contribution in [3.8, 4) is 5.75 Å². The summed E-state index contributed by atoms with van der Waals surface area (Å²) in [5, 5.41) is 7.26. The van der Waals surface area contributed by atoms with E-state index in [4.69, 9.17) is 9.47 Å². The molecule has 0 saturated carbocycles. The van der Waals surface area contributed by atoms with Crippen LogP contribution in [0.25, 0.3) is 0 Å². The molecule has 0 unspecified atom stereocenters. The van der Waals surface area contributed by atoms with Gasteiger partial charge in [0.25, 0.3) is 5.91 Å². The summed E-state index contributed by atoms with van der Waals surface area (Å²) in [6.45, 7) is 7.79. The number of fused-ring (bicyclic) bond motifs is 1. The fourth-order valence-corrected chi connectivity index (χ4v) is 4.37. The molecule has 0 aliphatic carbocycles. The summed E-state index contributed by atoms with van der Waals surface area (Å²) in [4.78, 5) is 41.4. The normalized spacial score (nSPS) is 16.9. The molecule has 0 bridgehead atoms. The Morgan fingerprint density at radius 2 is 1.86 bits per heavy atom. The Balaban J connectivity index is 1.74. The number of esters is 1. The van der Waals surface area contributed by atoms with E-state index in [0.717, 1.165) is 16.7 Å². The van der Waals surface area contributed by atoms with Crippen molar-refractivity contribution in [2.45, 2.75) is 46.3 Å². The van der Waals surface area contributed by atoms with Crippen molar-refractivity contribution in [3.05, 3.63) is 76.6 Å². The van der Waals surface area contributed by atoms with Gasteiger partial charge in [-0.3, -0.25) is 19.2 Å². The maximum atomic E-state index is 13.8. The summed E-state index contributed by atoms with van der Waals surface area (Å²) in [6.07, 6.45) is 0. The van der Waals surface area contributed by atoms with Gasteiger partial charge in [0.1, 0.15) is 17.0 Å². The summed E-state index contributed by atoms with van der Waals surface area (Å²) in [5.41, 5.74) is 2.37. The van der Waals surface area contributed by atoms with E-state index in [1.807, 2.05) is 56.3 Å². The number of nitrogens with one attached hydrogen (secondary N) is 1. The molecule has 2 amide bonds. The van der Waals surface area contributed by atoms with Crippen LogP contribution in [0.2, 0.25) is 0 Å². The molecule has 1 aromatic heterocycles. The van der Waals surface area contributed by atoms with Crippen LogP contribution in [0.15, 0.2) is 48.5 Å². The van der Waals surface area contributed by atoms with E-state index in [1.165, 1.54) is 15.6 Å². The van der Waals surface area contributed by atoms with Crippen LogP contribution in [0.1, 0.15) is 51.5 Å². The minimum Gasteiger partial charge on any atom is -0.496 e. The summed E-state index contributed by atoms with van der Waals surface area (Å²) in [7, 11) is 1.57. The molecule has 1 aliphatic heterocycles. The van der Waals surface area contributed by atoms with Crippen LogP contribution >= 0.6 is 0 Å². The second-order valence-electron chi connectivity index (χ2n) is 8.97. The van der Waals surface area contributed by atoms with E-state index in [1.54, 1.807) is 21.0 Å². The van der Waals surface area contributed by atoms with Crippen LogP contribution in [-0.4, -0.2) is 46.8 Å². The number of anilines is 1. The quantitative estimate of drug-likeness (QED) is 0.509. The van der Waals surface area contributed by atoms with Gasteiger partial charge in [0, 0.05) is 23.9 Å². The summed E-state index contributed by atoms with van der Waals surface area (Å²) >= 11 is 0. The van der Waals surface area contributed by atoms with Crippen molar-refractivity contribution in [3.63, 3.8) is 0 Å². The predicted molar refractivity (Wildman–Crippen MR) is 134 cm³/mol. The lowest BCUT2D eigenvalue weighted by Crippen LogP contribution is -2.64. The summed E-state index contributed by atoms with van der Waals surface area (Å²) < 4.78 is 11.9. The Kier molecular flexibility index (Phi) is 6.83. The van der Waals surface area contributed by atoms with Crippen LogP contribution in [0.4, 0.5) is 5.69 Å². The smallest absolute Gasteiger partial charge is 0.358 e. The highest BCUT2D eigenvalue weighted by atomic mass is 16.5. The molecular formula is C27H30N4O5. The Morgan fingerprint density at radius 3 is 2.56 bits per heavy atom. The zero-order chi connectivity index (χ0) is 26.0. The molecule has 0 saturated heterocycles. The number of benzene rings is 2. The van der Waals surface area contributed by atoms with E-state index in [-0.39, 0.29) is 37.0 Å². The average molecular weight is 491 g/mol. The molecule has 188 valence electrons. The molecule has 1 N–H and O–H groups in total. The number of carbonyl (C=O) groups excluding carboxylic acids is 3. The van der Waals surface area contributed by atoms with Crippen molar-refractivity contribution in [2.24, 2.45) is 0 Å². The third kappa shape index (κ3) is 4.44. The molecule has 3 aromatic rings. The number of aromatic nitrogens is 2. The molecule has 36 heavy (non-hydrogen) atoms. The zero-order valence-corrected chi connectivity index (χ0v) is 21.1. The first kappa shape index (κ1) is 25.0. The zero-order valence-electron chi connectivity index (χ0n) is 21.1. The summed E-state index contributed by atoms with van der Waals surface area (Å²) in [5.74, 6) is -0.754. The number of hydrogen-bond donors (Lipinski definition) is 1. The largest absolute Gasteiger partial charge is 0.496 e. The molecule has 0 spiro atoms. The molecule has 1 aliphatic rings. The second-order valence-corrected chi connectivity index (χ2v) is 8.97. The molecule has 1 atom stereocenters. The Labute approximate surface area is 210 Å². The Bertz CT molecular complexity index is 1330. The fraction of sp³-hybridized carbons (Fsp3) is 0.333. The van der Waals surface area contributed by atoms with Gasteiger partial charge in [0.05, 0.1) is 20.3 Å². The van der Waals surface area contributed by atoms with Crippen LogP contribution in [0.5, 0.6) is 5.75 Å². The van der Waals surface area contributed by atoms with Crippen LogP contribution in [-0.2, 0) is 22.6 Å². The van der Waals surface area contributed by atoms with E-state index in [0.29, 0.717) is 11.4 Å². The first-order chi connectivity index (χ1) is 17.2. The van der Waals surface area contributed by atoms with E-state index in [9.17, 15) is 14.4 Å². The lowest BCUT2D eigenvalue weighted by Gasteiger charge is -2.43. The monoisotopic (exact) mass is 490 g/mol. The van der Waals surface area contributed by atoms with Crippen LogP contribution in [0.3, 0.4) is 0 Å². The van der Waals surface area contributed by atoms with Crippen molar-refractivity contribution < 1.29 is 23.9 Å². The Hall–Kier alpha value is -4.14. The minimum absolute atomic E-state index is 0.0268. The highest BCUT2D eigenvalue weighted by molar-refractivity contribution is 6.12. The number of hydrogen-bond acceptors (Lipinski definition) is 6. The van der Waals surface area contributed by atoms with Crippen molar-refractivity contribution in [2.75, 3.05) is 18.6 Å². The standard InChI is InChI=1S/C27H30N4O5/c1-6-36-25(33)21-14-22-24(32)31(20-12-11-17(2)18(3)13-20)27(4,16-30(22)29-21)26(34)28-15-19-9-7-8-10-23(19)35-5/h7-14H,6,15-16H2,1-5H3,(H,28,34)/t27-/m1/s1. The van der Waals surface area contributed by atoms with Gasteiger partial charge in [0.15, 0.2) is 5.69 Å². The number of carbonyl (C=O) groups is 3. The van der Waals surface area contributed by atoms with Crippen molar-refractivity contribution in [1.29, 1.82) is 0 Å². The predicted octanol–water partition coefficient (Wildman–Crippen LogP) is 3.42. The van der Waals surface area contributed by atoms with E-state index < -0.39 is 17.4 Å². The Morgan fingerprint density at radius 1 is 1.11 bits per heavy atom. The van der Waals surface area contributed by atoms with Gasteiger partial charge in [-0.15, -0.1) is 0 Å². The molecule has 9 nitrogen and oxygen atoms in total. The first-order valence-electron chi connectivity index (χ1n) is 11.8. The molecule has 0 radical (unpaired) electrons. The lowest BCUT2D eigenvalue weighted by atomic mass is 9.93. The third-order valence-corrected chi connectivity index (χ3v) is 6.51. The van der Waals surface area contributed by atoms with Crippen molar-refractivity contribution >= 4 is 23.5 Å². The van der Waals surface area contributed by atoms with Gasteiger partial charge in [-0.2, -0.15) is 5.10 Å². The van der Waals surface area contributed by atoms with E-state index >= 15 is 0 Å². The maximum Gasteiger partial charge on any atom is 0.358 e. The fourth-order valence-electron chi connectivity index (χ4n) is 4.37. The highest BCUT2D eigenvalue weighted by Crippen LogP contribution is 2.34. The molecule has 0 fully saturated rings. The maximum absolute atomic E-state index is 13.8. The molecule has 4 rings (SSSR count). The second kappa shape index (κ2) is 9.85.